The summed E-state index contributed by atoms with van der Waals surface area (Å²) in [5, 5.41) is 4.62. The molecule has 7 heteroatoms. The minimum Gasteiger partial charge on any atom is -0.352 e. The summed E-state index contributed by atoms with van der Waals surface area (Å²) in [7, 11) is 0. The second-order valence-corrected chi connectivity index (χ2v) is 10.8. The fourth-order valence-corrected chi connectivity index (χ4v) is 5.36. The predicted octanol–water partition coefficient (Wildman–Crippen LogP) is 7.28. The third kappa shape index (κ3) is 7.73. The van der Waals surface area contributed by atoms with E-state index in [-0.39, 0.29) is 30.8 Å². The highest BCUT2D eigenvalue weighted by Crippen LogP contribution is 2.26. The molecule has 0 spiro atoms. The quantitative estimate of drug-likeness (QED) is 0.301. The molecule has 4 rings (SSSR count). The predicted molar refractivity (Wildman–Crippen MR) is 151 cm³/mol. The Kier molecular flexibility index (Phi) is 9.90. The van der Waals surface area contributed by atoms with Gasteiger partial charge in [-0.15, -0.1) is 0 Å². The highest BCUT2D eigenvalue weighted by molar-refractivity contribution is 6.42. The van der Waals surface area contributed by atoms with Gasteiger partial charge in [-0.05, 0) is 47.7 Å². The zero-order valence-electron chi connectivity index (χ0n) is 20.6. The van der Waals surface area contributed by atoms with Crippen LogP contribution in [0.3, 0.4) is 0 Å². The van der Waals surface area contributed by atoms with Gasteiger partial charge in [0.1, 0.15) is 6.04 Å². The van der Waals surface area contributed by atoms with E-state index < -0.39 is 6.04 Å². The standard InChI is InChI=1S/C30H31Cl3N2O2/c31-25-14-8-7-11-23(25)19-29(36)35(20-22-15-16-26(32)27(33)17-22)28(18-21-9-3-1-4-10-21)30(37)34-24-12-5-2-6-13-24/h1,3-4,7-11,14-17,24,28H,2,5-6,12-13,18-20H2,(H,34,37)/t28-/m0/s1. The molecule has 0 unspecified atom stereocenters. The minimum absolute atomic E-state index is 0.0863. The summed E-state index contributed by atoms with van der Waals surface area (Å²) in [6.45, 7) is 0.218. The van der Waals surface area contributed by atoms with Gasteiger partial charge >= 0.3 is 0 Å². The molecule has 0 aliphatic heterocycles. The van der Waals surface area contributed by atoms with Gasteiger partial charge in [0.25, 0.3) is 0 Å². The van der Waals surface area contributed by atoms with Crippen molar-refractivity contribution in [2.24, 2.45) is 0 Å². The van der Waals surface area contributed by atoms with Crippen LogP contribution in [0.5, 0.6) is 0 Å². The molecule has 0 bridgehead atoms. The van der Waals surface area contributed by atoms with Crippen LogP contribution in [-0.2, 0) is 29.0 Å². The number of nitrogens with one attached hydrogen (secondary N) is 1. The Morgan fingerprint density at radius 1 is 0.811 bits per heavy atom. The van der Waals surface area contributed by atoms with E-state index in [1.807, 2.05) is 54.6 Å². The third-order valence-corrected chi connectivity index (χ3v) is 7.97. The van der Waals surface area contributed by atoms with Gasteiger partial charge in [-0.2, -0.15) is 0 Å². The first-order valence-electron chi connectivity index (χ1n) is 12.7. The van der Waals surface area contributed by atoms with Crippen molar-refractivity contribution >= 4 is 46.6 Å². The second kappa shape index (κ2) is 13.3. The number of hydrogen-bond donors (Lipinski definition) is 1. The molecule has 0 saturated heterocycles. The SMILES string of the molecule is O=C(NC1CCCCC1)[C@H](Cc1ccccc1)N(Cc1ccc(Cl)c(Cl)c1)C(=O)Cc1ccccc1Cl. The van der Waals surface area contributed by atoms with E-state index in [0.717, 1.165) is 42.4 Å². The fraction of sp³-hybridized carbons (Fsp3) is 0.333. The average Bonchev–Trinajstić information content (AvgIpc) is 2.90. The van der Waals surface area contributed by atoms with Gasteiger partial charge in [-0.1, -0.05) is 109 Å². The van der Waals surface area contributed by atoms with Crippen molar-refractivity contribution in [2.45, 2.75) is 63.6 Å². The maximum absolute atomic E-state index is 13.9. The van der Waals surface area contributed by atoms with E-state index in [1.54, 1.807) is 23.1 Å². The lowest BCUT2D eigenvalue weighted by Crippen LogP contribution is -2.53. The van der Waals surface area contributed by atoms with Gasteiger partial charge in [0.2, 0.25) is 11.8 Å². The summed E-state index contributed by atoms with van der Waals surface area (Å²) in [6.07, 6.45) is 5.81. The van der Waals surface area contributed by atoms with Crippen molar-refractivity contribution in [3.8, 4) is 0 Å². The molecule has 3 aromatic rings. The number of carbonyl (C=O) groups excluding carboxylic acids is 2. The molecule has 37 heavy (non-hydrogen) atoms. The molecule has 194 valence electrons. The van der Waals surface area contributed by atoms with Crippen molar-refractivity contribution in [3.63, 3.8) is 0 Å². The molecule has 0 aromatic heterocycles. The topological polar surface area (TPSA) is 49.4 Å². The van der Waals surface area contributed by atoms with E-state index in [2.05, 4.69) is 5.32 Å². The van der Waals surface area contributed by atoms with Crippen LogP contribution in [-0.4, -0.2) is 28.8 Å². The molecule has 1 fully saturated rings. The van der Waals surface area contributed by atoms with E-state index in [9.17, 15) is 9.59 Å². The summed E-state index contributed by atoms with van der Waals surface area (Å²) < 4.78 is 0. The van der Waals surface area contributed by atoms with Gasteiger partial charge in [0.15, 0.2) is 0 Å². The molecule has 0 heterocycles. The smallest absolute Gasteiger partial charge is 0.243 e. The van der Waals surface area contributed by atoms with Crippen LogP contribution in [0.25, 0.3) is 0 Å². The van der Waals surface area contributed by atoms with Crippen LogP contribution < -0.4 is 5.32 Å². The monoisotopic (exact) mass is 556 g/mol. The number of halogens is 3. The van der Waals surface area contributed by atoms with E-state index >= 15 is 0 Å². The van der Waals surface area contributed by atoms with Crippen LogP contribution in [0, 0.1) is 0 Å². The molecule has 1 aliphatic carbocycles. The highest BCUT2D eigenvalue weighted by atomic mass is 35.5. The summed E-state index contributed by atoms with van der Waals surface area (Å²) in [5.41, 5.74) is 2.50. The molecule has 1 aliphatic rings. The molecule has 0 radical (unpaired) electrons. The Morgan fingerprint density at radius 3 is 2.22 bits per heavy atom. The molecule has 1 saturated carbocycles. The van der Waals surface area contributed by atoms with Crippen LogP contribution in [0.4, 0.5) is 0 Å². The third-order valence-electron chi connectivity index (χ3n) is 6.86. The Labute approximate surface area is 233 Å². The molecule has 2 amide bonds. The van der Waals surface area contributed by atoms with E-state index in [0.29, 0.717) is 21.5 Å². The minimum atomic E-state index is -0.700. The van der Waals surface area contributed by atoms with Gasteiger partial charge in [-0.25, -0.2) is 0 Å². The summed E-state index contributed by atoms with van der Waals surface area (Å²) in [6, 6.07) is 21.8. The Balaban J connectivity index is 1.68. The van der Waals surface area contributed by atoms with Gasteiger partial charge in [0, 0.05) is 24.0 Å². The number of hydrogen-bond acceptors (Lipinski definition) is 2. The Hall–Kier alpha value is -2.53. The van der Waals surface area contributed by atoms with Crippen LogP contribution in [0.15, 0.2) is 72.8 Å². The van der Waals surface area contributed by atoms with Crippen molar-refractivity contribution in [3.05, 3.63) is 105 Å². The molecule has 1 N–H and O–H groups in total. The van der Waals surface area contributed by atoms with Crippen molar-refractivity contribution in [2.75, 3.05) is 0 Å². The number of benzene rings is 3. The van der Waals surface area contributed by atoms with Crippen LogP contribution in [0.1, 0.15) is 48.8 Å². The summed E-state index contributed by atoms with van der Waals surface area (Å²) in [5.74, 6) is -0.317. The van der Waals surface area contributed by atoms with Gasteiger partial charge < -0.3 is 10.2 Å². The number of carbonyl (C=O) groups is 2. The average molecular weight is 558 g/mol. The van der Waals surface area contributed by atoms with Crippen molar-refractivity contribution < 1.29 is 9.59 Å². The first-order chi connectivity index (χ1) is 17.9. The zero-order valence-corrected chi connectivity index (χ0v) is 22.9. The van der Waals surface area contributed by atoms with Crippen LogP contribution >= 0.6 is 34.8 Å². The number of nitrogens with zero attached hydrogens (tertiary/aromatic N) is 1. The molecule has 1 atom stereocenters. The lowest BCUT2D eigenvalue weighted by atomic mass is 9.94. The Bertz CT molecular complexity index is 1210. The molecule has 3 aromatic carbocycles. The van der Waals surface area contributed by atoms with Crippen molar-refractivity contribution in [1.29, 1.82) is 0 Å². The highest BCUT2D eigenvalue weighted by Gasteiger charge is 2.32. The molecule has 4 nitrogen and oxygen atoms in total. The maximum atomic E-state index is 13.9. The van der Waals surface area contributed by atoms with Gasteiger partial charge in [0.05, 0.1) is 16.5 Å². The zero-order chi connectivity index (χ0) is 26.2. The summed E-state index contributed by atoms with van der Waals surface area (Å²) >= 11 is 18.8. The largest absolute Gasteiger partial charge is 0.352 e. The fourth-order valence-electron chi connectivity index (χ4n) is 4.84. The summed E-state index contributed by atoms with van der Waals surface area (Å²) in [4.78, 5) is 29.4. The maximum Gasteiger partial charge on any atom is 0.243 e. The first-order valence-corrected chi connectivity index (χ1v) is 13.8. The lowest BCUT2D eigenvalue weighted by molar-refractivity contribution is -0.141. The molecular weight excluding hydrogens is 527 g/mol. The second-order valence-electron chi connectivity index (χ2n) is 9.59. The van der Waals surface area contributed by atoms with Gasteiger partial charge in [-0.3, -0.25) is 9.59 Å². The van der Waals surface area contributed by atoms with E-state index in [4.69, 9.17) is 34.8 Å². The van der Waals surface area contributed by atoms with Crippen molar-refractivity contribution in [1.82, 2.24) is 10.2 Å². The Morgan fingerprint density at radius 2 is 1.51 bits per heavy atom. The number of amides is 2. The number of rotatable bonds is 9. The van der Waals surface area contributed by atoms with E-state index in [1.165, 1.54) is 6.42 Å². The lowest BCUT2D eigenvalue weighted by Gasteiger charge is -2.33. The molecular formula is C30H31Cl3N2O2. The first kappa shape index (κ1) is 27.5. The van der Waals surface area contributed by atoms with Crippen LogP contribution in [0.2, 0.25) is 15.1 Å². The normalized spacial score (nSPS) is 14.7.